The molecule has 3 rings (SSSR count). The fourth-order valence-electron chi connectivity index (χ4n) is 2.93. The molecule has 0 aliphatic carbocycles. The number of alkyl halides is 3. The third-order valence-corrected chi connectivity index (χ3v) is 4.21. The third kappa shape index (κ3) is 3.37. The molecule has 1 aliphatic heterocycles. The predicted molar refractivity (Wildman–Crippen MR) is 85.7 cm³/mol. The van der Waals surface area contributed by atoms with E-state index in [1.54, 1.807) is 11.1 Å². The minimum atomic E-state index is -4.77. The fraction of sp³-hybridized carbons (Fsp3) is 0.400. The van der Waals surface area contributed by atoms with E-state index in [4.69, 9.17) is 0 Å². The van der Waals surface area contributed by atoms with E-state index in [9.17, 15) is 23.3 Å². The molecule has 1 aliphatic rings. The van der Waals surface area contributed by atoms with Crippen LogP contribution in [0.25, 0.3) is 0 Å². The Labute approximate surface area is 141 Å². The molecule has 1 fully saturated rings. The van der Waals surface area contributed by atoms with Crippen LogP contribution in [0.4, 0.5) is 30.5 Å². The summed E-state index contributed by atoms with van der Waals surface area (Å²) in [6.45, 7) is 2.20. The maximum absolute atomic E-state index is 13.1. The first kappa shape index (κ1) is 17.1. The highest BCUT2D eigenvalue weighted by molar-refractivity contribution is 5.57. The lowest BCUT2D eigenvalue weighted by Gasteiger charge is -2.36. The Balaban J connectivity index is 1.80. The smallest absolute Gasteiger partial charge is 0.368 e. The van der Waals surface area contributed by atoms with E-state index >= 15 is 0 Å². The summed E-state index contributed by atoms with van der Waals surface area (Å²) in [7, 11) is 1.88. The Morgan fingerprint density at radius 3 is 2.32 bits per heavy atom. The van der Waals surface area contributed by atoms with Crippen molar-refractivity contribution in [3.63, 3.8) is 0 Å². The zero-order chi connectivity index (χ0) is 18.2. The molecule has 0 bridgehead atoms. The third-order valence-electron chi connectivity index (χ3n) is 4.21. The predicted octanol–water partition coefficient (Wildman–Crippen LogP) is 2.67. The van der Waals surface area contributed by atoms with Crippen LogP contribution in [0.2, 0.25) is 0 Å². The average molecular weight is 355 g/mol. The number of piperazine rings is 1. The molecule has 134 valence electrons. The van der Waals surface area contributed by atoms with Crippen molar-refractivity contribution >= 4 is 17.3 Å². The zero-order valence-corrected chi connectivity index (χ0v) is 13.4. The second kappa shape index (κ2) is 6.26. The SMILES string of the molecule is Cn1ccnc1N1CCN(c2ccc([N+](=O)[O-])c(C(F)(F)F)c2)CC1. The Kier molecular flexibility index (Phi) is 4.27. The Bertz CT molecular complexity index is 782. The van der Waals surface area contributed by atoms with Crippen molar-refractivity contribution in [3.8, 4) is 0 Å². The van der Waals surface area contributed by atoms with Gasteiger partial charge in [0.05, 0.1) is 4.92 Å². The first-order valence-electron chi connectivity index (χ1n) is 7.60. The largest absolute Gasteiger partial charge is 0.423 e. The van der Waals surface area contributed by atoms with Gasteiger partial charge in [0.2, 0.25) is 5.95 Å². The standard InChI is InChI=1S/C15H16F3N5O2/c1-20-5-4-19-14(20)22-8-6-21(7-9-22)11-2-3-13(23(24)25)12(10-11)15(16,17)18/h2-5,10H,6-9H2,1H3. The van der Waals surface area contributed by atoms with Crippen LogP contribution < -0.4 is 9.80 Å². The quantitative estimate of drug-likeness (QED) is 0.626. The van der Waals surface area contributed by atoms with Gasteiger partial charge in [0.15, 0.2) is 0 Å². The van der Waals surface area contributed by atoms with E-state index in [1.165, 1.54) is 6.07 Å². The summed E-state index contributed by atoms with van der Waals surface area (Å²) >= 11 is 0. The van der Waals surface area contributed by atoms with Crippen molar-refractivity contribution in [3.05, 3.63) is 46.3 Å². The summed E-state index contributed by atoms with van der Waals surface area (Å²) in [5.74, 6) is 0.805. The van der Waals surface area contributed by atoms with Gasteiger partial charge in [-0.1, -0.05) is 0 Å². The van der Waals surface area contributed by atoms with Crippen molar-refractivity contribution < 1.29 is 18.1 Å². The summed E-state index contributed by atoms with van der Waals surface area (Å²) in [6.07, 6.45) is -1.26. The molecule has 2 heterocycles. The van der Waals surface area contributed by atoms with Crippen LogP contribution in [0.15, 0.2) is 30.6 Å². The number of nitro benzene ring substituents is 1. The van der Waals surface area contributed by atoms with E-state index in [2.05, 4.69) is 4.98 Å². The molecule has 10 heteroatoms. The lowest BCUT2D eigenvalue weighted by atomic mass is 10.1. The lowest BCUT2D eigenvalue weighted by molar-refractivity contribution is -0.388. The summed E-state index contributed by atoms with van der Waals surface area (Å²) in [4.78, 5) is 17.9. The molecule has 2 aromatic rings. The van der Waals surface area contributed by atoms with Gasteiger partial charge in [-0.05, 0) is 12.1 Å². The Morgan fingerprint density at radius 2 is 1.80 bits per heavy atom. The van der Waals surface area contributed by atoms with E-state index in [0.717, 1.165) is 18.1 Å². The minimum Gasteiger partial charge on any atom is -0.368 e. The van der Waals surface area contributed by atoms with Crippen LogP contribution in [-0.2, 0) is 13.2 Å². The average Bonchev–Trinajstić information content (AvgIpc) is 2.99. The summed E-state index contributed by atoms with van der Waals surface area (Å²) in [5, 5.41) is 10.8. The summed E-state index contributed by atoms with van der Waals surface area (Å²) in [6, 6.07) is 3.14. The summed E-state index contributed by atoms with van der Waals surface area (Å²) in [5.41, 5.74) is -1.82. The molecule has 0 spiro atoms. The molecule has 25 heavy (non-hydrogen) atoms. The van der Waals surface area contributed by atoms with Crippen molar-refractivity contribution in [1.82, 2.24) is 9.55 Å². The van der Waals surface area contributed by atoms with Crippen LogP contribution in [0.1, 0.15) is 5.56 Å². The molecule has 0 N–H and O–H groups in total. The molecule has 0 unspecified atom stereocenters. The van der Waals surface area contributed by atoms with Crippen molar-refractivity contribution in [2.45, 2.75) is 6.18 Å². The van der Waals surface area contributed by atoms with Crippen LogP contribution in [0, 0.1) is 10.1 Å². The number of nitrogens with zero attached hydrogens (tertiary/aromatic N) is 5. The second-order valence-corrected chi connectivity index (χ2v) is 5.77. The van der Waals surface area contributed by atoms with Gasteiger partial charge in [0.25, 0.3) is 5.69 Å². The van der Waals surface area contributed by atoms with Crippen LogP contribution in [-0.4, -0.2) is 40.7 Å². The normalized spacial score (nSPS) is 15.5. The monoisotopic (exact) mass is 355 g/mol. The van der Waals surface area contributed by atoms with Gasteiger partial charge in [-0.2, -0.15) is 13.2 Å². The molecule has 0 atom stereocenters. The number of hydrogen-bond acceptors (Lipinski definition) is 5. The highest BCUT2D eigenvalue weighted by atomic mass is 19.4. The number of hydrogen-bond donors (Lipinski definition) is 0. The van der Waals surface area contributed by atoms with Gasteiger partial charge in [0, 0.05) is 57.4 Å². The highest BCUT2D eigenvalue weighted by Gasteiger charge is 2.39. The fourth-order valence-corrected chi connectivity index (χ4v) is 2.93. The van der Waals surface area contributed by atoms with Gasteiger partial charge < -0.3 is 14.4 Å². The minimum absolute atomic E-state index is 0.331. The van der Waals surface area contributed by atoms with E-state index < -0.39 is 22.4 Å². The van der Waals surface area contributed by atoms with Crippen molar-refractivity contribution in [1.29, 1.82) is 0 Å². The lowest BCUT2D eigenvalue weighted by Crippen LogP contribution is -2.47. The maximum Gasteiger partial charge on any atom is 0.423 e. The van der Waals surface area contributed by atoms with Crippen LogP contribution in [0.3, 0.4) is 0 Å². The summed E-state index contributed by atoms with van der Waals surface area (Å²) < 4.78 is 41.2. The molecule has 1 aromatic carbocycles. The highest BCUT2D eigenvalue weighted by Crippen LogP contribution is 2.38. The maximum atomic E-state index is 13.1. The molecule has 1 aromatic heterocycles. The number of aryl methyl sites for hydroxylation is 1. The van der Waals surface area contributed by atoms with Gasteiger partial charge >= 0.3 is 6.18 Å². The number of aromatic nitrogens is 2. The Hall–Kier alpha value is -2.78. The molecular formula is C15H16F3N5O2. The first-order chi connectivity index (χ1) is 11.8. The molecule has 0 saturated carbocycles. The number of halogens is 3. The van der Waals surface area contributed by atoms with Gasteiger partial charge in [-0.15, -0.1) is 0 Å². The molecular weight excluding hydrogens is 339 g/mol. The number of benzene rings is 1. The zero-order valence-electron chi connectivity index (χ0n) is 13.4. The van der Waals surface area contributed by atoms with E-state index in [-0.39, 0.29) is 0 Å². The van der Waals surface area contributed by atoms with Crippen LogP contribution >= 0.6 is 0 Å². The molecule has 7 nitrogen and oxygen atoms in total. The van der Waals surface area contributed by atoms with Crippen LogP contribution in [0.5, 0.6) is 0 Å². The van der Waals surface area contributed by atoms with Gasteiger partial charge in [0.1, 0.15) is 5.56 Å². The molecule has 1 saturated heterocycles. The number of anilines is 2. The molecule has 0 radical (unpaired) electrons. The second-order valence-electron chi connectivity index (χ2n) is 5.77. The first-order valence-corrected chi connectivity index (χ1v) is 7.60. The van der Waals surface area contributed by atoms with Crippen molar-refractivity contribution in [2.24, 2.45) is 7.05 Å². The van der Waals surface area contributed by atoms with E-state index in [1.807, 2.05) is 22.7 Å². The topological polar surface area (TPSA) is 67.4 Å². The van der Waals surface area contributed by atoms with Crippen molar-refractivity contribution in [2.75, 3.05) is 36.0 Å². The Morgan fingerprint density at radius 1 is 1.16 bits per heavy atom. The number of rotatable bonds is 3. The number of imidazole rings is 1. The number of nitro groups is 1. The molecule has 0 amide bonds. The van der Waals surface area contributed by atoms with Gasteiger partial charge in [-0.3, -0.25) is 10.1 Å². The van der Waals surface area contributed by atoms with Gasteiger partial charge in [-0.25, -0.2) is 4.98 Å². The van der Waals surface area contributed by atoms with E-state index in [0.29, 0.717) is 31.9 Å².